The molecule has 2 aromatic rings. The first-order valence-electron chi connectivity index (χ1n) is 7.54. The Morgan fingerprint density at radius 1 is 1.57 bits per heavy atom. The Morgan fingerprint density at radius 2 is 2.48 bits per heavy atom. The van der Waals surface area contributed by atoms with Crippen LogP contribution in [0.1, 0.15) is 35.3 Å². The first kappa shape index (κ1) is 14.1. The Kier molecular flexibility index (Phi) is 4.20. The zero-order chi connectivity index (χ0) is 14.7. The van der Waals surface area contributed by atoms with Gasteiger partial charge in [-0.1, -0.05) is 0 Å². The highest BCUT2D eigenvalue weighted by Gasteiger charge is 2.15. The number of hydrogen-bond acceptors (Lipinski definition) is 3. The van der Waals surface area contributed by atoms with Crippen LogP contribution in [0.2, 0.25) is 0 Å². The van der Waals surface area contributed by atoms with E-state index in [4.69, 9.17) is 4.74 Å². The summed E-state index contributed by atoms with van der Waals surface area (Å²) in [5, 5.41) is 3.00. The van der Waals surface area contributed by atoms with Gasteiger partial charge in [-0.25, -0.2) is 4.98 Å². The number of hydrogen-bond donors (Lipinski definition) is 1. The Hall–Kier alpha value is -1.88. The van der Waals surface area contributed by atoms with Gasteiger partial charge < -0.3 is 14.5 Å². The molecule has 1 N–H and O–H groups in total. The lowest BCUT2D eigenvalue weighted by molar-refractivity contribution is 0.0514. The number of rotatable bonds is 4. The van der Waals surface area contributed by atoms with Crippen LogP contribution in [0.15, 0.2) is 24.5 Å². The summed E-state index contributed by atoms with van der Waals surface area (Å²) in [5.74, 6) is 0.520. The summed E-state index contributed by atoms with van der Waals surface area (Å²) in [7, 11) is 0. The van der Waals surface area contributed by atoms with E-state index in [1.54, 1.807) is 0 Å². The van der Waals surface area contributed by atoms with Crippen molar-refractivity contribution in [3.8, 4) is 0 Å². The highest BCUT2D eigenvalue weighted by Crippen LogP contribution is 2.16. The summed E-state index contributed by atoms with van der Waals surface area (Å²) >= 11 is 0. The highest BCUT2D eigenvalue weighted by molar-refractivity contribution is 5.99. The smallest absolute Gasteiger partial charge is 0.255 e. The number of amides is 1. The third-order valence-electron chi connectivity index (χ3n) is 3.94. The van der Waals surface area contributed by atoms with Crippen LogP contribution in [0.25, 0.3) is 5.65 Å². The fourth-order valence-corrected chi connectivity index (χ4v) is 2.83. The predicted octanol–water partition coefficient (Wildman–Crippen LogP) is 2.19. The number of nitrogens with zero attached hydrogens (tertiary/aromatic N) is 2. The first-order valence-corrected chi connectivity index (χ1v) is 7.54. The van der Waals surface area contributed by atoms with Crippen molar-refractivity contribution in [2.45, 2.75) is 26.2 Å². The van der Waals surface area contributed by atoms with Gasteiger partial charge in [0.25, 0.3) is 5.91 Å². The summed E-state index contributed by atoms with van der Waals surface area (Å²) in [5.41, 5.74) is 2.26. The van der Waals surface area contributed by atoms with Gasteiger partial charge in [-0.05, 0) is 44.2 Å². The van der Waals surface area contributed by atoms with Gasteiger partial charge in [-0.15, -0.1) is 0 Å². The lowest BCUT2D eigenvalue weighted by Gasteiger charge is -2.21. The second-order valence-electron chi connectivity index (χ2n) is 5.66. The minimum atomic E-state index is -0.0528. The minimum absolute atomic E-state index is 0.0528. The molecule has 0 bridgehead atoms. The van der Waals surface area contributed by atoms with Gasteiger partial charge in [-0.2, -0.15) is 0 Å². The van der Waals surface area contributed by atoms with Gasteiger partial charge in [0.05, 0.1) is 11.3 Å². The molecule has 112 valence electrons. The molecular formula is C16H21N3O2. The van der Waals surface area contributed by atoms with E-state index in [1.807, 2.05) is 35.9 Å². The van der Waals surface area contributed by atoms with Crippen LogP contribution in [0, 0.1) is 12.8 Å². The Morgan fingerprint density at radius 3 is 3.29 bits per heavy atom. The normalized spacial score (nSPS) is 18.8. The number of aryl methyl sites for hydroxylation is 1. The van der Waals surface area contributed by atoms with E-state index in [1.165, 1.54) is 6.42 Å². The van der Waals surface area contributed by atoms with E-state index in [0.29, 0.717) is 23.7 Å². The van der Waals surface area contributed by atoms with Crippen molar-refractivity contribution in [3.05, 3.63) is 35.8 Å². The molecule has 3 heterocycles. The van der Waals surface area contributed by atoms with Gasteiger partial charge in [0.15, 0.2) is 0 Å². The average molecular weight is 287 g/mol. The Bertz CT molecular complexity index is 629. The van der Waals surface area contributed by atoms with E-state index < -0.39 is 0 Å². The molecule has 0 spiro atoms. The maximum Gasteiger partial charge on any atom is 0.255 e. The average Bonchev–Trinajstić information content (AvgIpc) is 2.88. The minimum Gasteiger partial charge on any atom is -0.381 e. The molecule has 5 nitrogen and oxygen atoms in total. The number of imidazole rings is 1. The lowest BCUT2D eigenvalue weighted by Crippen LogP contribution is -2.28. The van der Waals surface area contributed by atoms with Crippen molar-refractivity contribution >= 4 is 11.6 Å². The third kappa shape index (κ3) is 3.24. The number of carbonyl (C=O) groups is 1. The van der Waals surface area contributed by atoms with E-state index in [-0.39, 0.29) is 5.91 Å². The third-order valence-corrected chi connectivity index (χ3v) is 3.94. The maximum atomic E-state index is 12.3. The van der Waals surface area contributed by atoms with Gasteiger partial charge in [0.1, 0.15) is 5.65 Å². The van der Waals surface area contributed by atoms with Crippen molar-refractivity contribution in [3.63, 3.8) is 0 Å². The number of fused-ring (bicyclic) bond motifs is 1. The van der Waals surface area contributed by atoms with Crippen LogP contribution in [0.4, 0.5) is 0 Å². The molecule has 0 aromatic carbocycles. The fraction of sp³-hybridized carbons (Fsp3) is 0.500. The number of aromatic nitrogens is 2. The predicted molar refractivity (Wildman–Crippen MR) is 80.4 cm³/mol. The Balaban J connectivity index is 1.61. The molecule has 0 aliphatic carbocycles. The summed E-state index contributed by atoms with van der Waals surface area (Å²) < 4.78 is 7.35. The molecule has 1 atom stereocenters. The fourth-order valence-electron chi connectivity index (χ4n) is 2.83. The zero-order valence-electron chi connectivity index (χ0n) is 12.3. The van der Waals surface area contributed by atoms with E-state index in [0.717, 1.165) is 31.7 Å². The second-order valence-corrected chi connectivity index (χ2v) is 5.66. The maximum absolute atomic E-state index is 12.3. The monoisotopic (exact) mass is 287 g/mol. The van der Waals surface area contributed by atoms with Crippen molar-refractivity contribution in [2.75, 3.05) is 19.8 Å². The molecule has 1 aliphatic rings. The van der Waals surface area contributed by atoms with Crippen LogP contribution in [0.5, 0.6) is 0 Å². The standard InChI is InChI=1S/C16H21N3O2/c1-12-10-19-8-2-5-14(15(19)18-12)16(20)17-7-6-13-4-3-9-21-11-13/h2,5,8,10,13H,3-4,6-7,9,11H2,1H3,(H,17,20)/t13-/m1/s1. The van der Waals surface area contributed by atoms with Gasteiger partial charge in [-0.3, -0.25) is 4.79 Å². The van der Waals surface area contributed by atoms with Crippen LogP contribution in [-0.2, 0) is 4.74 Å². The molecule has 0 unspecified atom stereocenters. The number of ether oxygens (including phenoxy) is 1. The molecule has 1 fully saturated rings. The second kappa shape index (κ2) is 6.26. The van der Waals surface area contributed by atoms with Crippen LogP contribution in [-0.4, -0.2) is 35.1 Å². The van der Waals surface area contributed by atoms with Crippen molar-refractivity contribution in [1.82, 2.24) is 14.7 Å². The van der Waals surface area contributed by atoms with Gasteiger partial charge in [0.2, 0.25) is 0 Å². The molecule has 0 saturated carbocycles. The van der Waals surface area contributed by atoms with E-state index in [9.17, 15) is 4.79 Å². The molecule has 1 amide bonds. The topological polar surface area (TPSA) is 55.6 Å². The summed E-state index contributed by atoms with van der Waals surface area (Å²) in [6.45, 7) is 4.32. The zero-order valence-corrected chi connectivity index (χ0v) is 12.3. The number of pyridine rings is 1. The van der Waals surface area contributed by atoms with Crippen molar-refractivity contribution in [2.24, 2.45) is 5.92 Å². The molecule has 1 saturated heterocycles. The van der Waals surface area contributed by atoms with Crippen molar-refractivity contribution < 1.29 is 9.53 Å². The van der Waals surface area contributed by atoms with Gasteiger partial charge in [0, 0.05) is 32.2 Å². The molecule has 2 aromatic heterocycles. The largest absolute Gasteiger partial charge is 0.381 e. The van der Waals surface area contributed by atoms with Gasteiger partial charge >= 0.3 is 0 Å². The molecule has 5 heteroatoms. The summed E-state index contributed by atoms with van der Waals surface area (Å²) in [6, 6.07) is 3.69. The van der Waals surface area contributed by atoms with E-state index >= 15 is 0 Å². The number of carbonyl (C=O) groups excluding carboxylic acids is 1. The number of nitrogens with one attached hydrogen (secondary N) is 1. The molecule has 21 heavy (non-hydrogen) atoms. The summed E-state index contributed by atoms with van der Waals surface area (Å²) in [4.78, 5) is 16.7. The van der Waals surface area contributed by atoms with Crippen molar-refractivity contribution in [1.29, 1.82) is 0 Å². The van der Waals surface area contributed by atoms with Crippen LogP contribution < -0.4 is 5.32 Å². The lowest BCUT2D eigenvalue weighted by atomic mass is 9.99. The quantitative estimate of drug-likeness (QED) is 0.938. The first-order chi connectivity index (χ1) is 10.2. The summed E-state index contributed by atoms with van der Waals surface area (Å²) in [6.07, 6.45) is 7.13. The molecule has 3 rings (SSSR count). The van der Waals surface area contributed by atoms with E-state index in [2.05, 4.69) is 10.3 Å². The van der Waals surface area contributed by atoms with Crippen LogP contribution >= 0.6 is 0 Å². The Labute approximate surface area is 124 Å². The SMILES string of the molecule is Cc1cn2cccc(C(=O)NCC[C@H]3CCCOC3)c2n1. The van der Waals surface area contributed by atoms with Crippen LogP contribution in [0.3, 0.4) is 0 Å². The highest BCUT2D eigenvalue weighted by atomic mass is 16.5. The molecule has 1 aliphatic heterocycles. The molecular weight excluding hydrogens is 266 g/mol. The molecule has 0 radical (unpaired) electrons.